The Morgan fingerprint density at radius 3 is 1.97 bits per heavy atom. The molecule has 1 N–H and O–H groups in total. The van der Waals surface area contributed by atoms with Crippen LogP contribution in [0.15, 0.2) is 61.1 Å². The second-order valence-corrected chi connectivity index (χ2v) is 6.66. The van der Waals surface area contributed by atoms with Crippen molar-refractivity contribution in [1.82, 2.24) is 9.97 Å². The molecule has 2 aliphatic carbocycles. The maximum Gasteiger partial charge on any atom is 0.0921 e. The molecule has 155 valence electrons. The Balaban J connectivity index is 0.000000555. The number of fused-ring (bicyclic) bond motifs is 5. The third-order valence-corrected chi connectivity index (χ3v) is 5.91. The number of hydrogen-bond acceptors (Lipinski definition) is 1. The Morgan fingerprint density at radius 1 is 0.828 bits per heavy atom. The Morgan fingerprint density at radius 2 is 1.38 bits per heavy atom. The summed E-state index contributed by atoms with van der Waals surface area (Å²) in [5.74, 6) is 0.928. The van der Waals surface area contributed by atoms with E-state index in [1.165, 1.54) is 27.9 Å². The normalized spacial score (nSPS) is 22.0. The van der Waals surface area contributed by atoms with E-state index in [9.17, 15) is 0 Å². The fourth-order valence-electron chi connectivity index (χ4n) is 4.96. The van der Waals surface area contributed by atoms with Crippen LogP contribution in [0, 0.1) is 0 Å². The number of H-pyrrole nitrogens is 1. The van der Waals surface area contributed by atoms with Crippen molar-refractivity contribution >= 4 is 0 Å². The van der Waals surface area contributed by atoms with Crippen LogP contribution in [-0.4, -0.2) is 9.97 Å². The second kappa shape index (κ2) is 11.4. The van der Waals surface area contributed by atoms with Gasteiger partial charge in [0.1, 0.15) is 0 Å². The predicted octanol–water partition coefficient (Wildman–Crippen LogP) is 7.23. The van der Waals surface area contributed by atoms with Crippen molar-refractivity contribution in [1.29, 1.82) is 0 Å². The molecule has 2 nitrogen and oxygen atoms in total. The molecule has 0 aliphatic heterocycles. The SMILES string of the molecule is CC.CC.CC.CC1c2ccccc2C2c3ccccc3CC12c1cnc[nH]1.[V]. The fraction of sp³-hybridized carbons (Fsp3) is 0.423. The van der Waals surface area contributed by atoms with E-state index in [0.717, 1.165) is 6.42 Å². The number of aromatic nitrogens is 2. The van der Waals surface area contributed by atoms with E-state index in [4.69, 9.17) is 0 Å². The van der Waals surface area contributed by atoms with Gasteiger partial charge in [-0.3, -0.25) is 0 Å². The molecule has 2 aliphatic rings. The van der Waals surface area contributed by atoms with Crippen molar-refractivity contribution in [3.05, 3.63) is 89.0 Å². The molecular weight excluding hydrogens is 391 g/mol. The standard InChI is InChI=1S/C20H18N2.3C2H6.V/c1-13-15-7-4-5-9-17(15)19-16-8-3-2-6-14(16)10-20(13,19)18-11-21-12-22-18;3*1-2;/h2-9,11-13,19H,10H2,1H3,(H,21,22);3*1-2H3;. The van der Waals surface area contributed by atoms with E-state index >= 15 is 0 Å². The van der Waals surface area contributed by atoms with Crippen molar-refractivity contribution in [2.75, 3.05) is 0 Å². The molecule has 5 rings (SSSR count). The van der Waals surface area contributed by atoms with Crippen molar-refractivity contribution in [2.24, 2.45) is 0 Å². The summed E-state index contributed by atoms with van der Waals surface area (Å²) in [5, 5.41) is 0. The van der Waals surface area contributed by atoms with Crippen LogP contribution in [0.4, 0.5) is 0 Å². The first-order valence-corrected chi connectivity index (χ1v) is 11.0. The number of nitrogens with one attached hydrogen (secondary N) is 1. The van der Waals surface area contributed by atoms with Crippen molar-refractivity contribution in [2.45, 2.75) is 72.1 Å². The number of rotatable bonds is 1. The molecule has 29 heavy (non-hydrogen) atoms. The zero-order valence-electron chi connectivity index (χ0n) is 19.0. The second-order valence-electron chi connectivity index (χ2n) is 6.66. The van der Waals surface area contributed by atoms with Gasteiger partial charge in [0.2, 0.25) is 0 Å². The van der Waals surface area contributed by atoms with Crippen LogP contribution in [0.1, 0.15) is 88.2 Å². The van der Waals surface area contributed by atoms with Gasteiger partial charge in [-0.1, -0.05) is 97.0 Å². The average molecular weight is 428 g/mol. The molecule has 3 atom stereocenters. The molecule has 1 heterocycles. The topological polar surface area (TPSA) is 28.7 Å². The summed E-state index contributed by atoms with van der Waals surface area (Å²) in [4.78, 5) is 7.76. The Kier molecular flexibility index (Phi) is 9.96. The van der Waals surface area contributed by atoms with Crippen LogP contribution in [0.2, 0.25) is 0 Å². The number of nitrogens with zero attached hydrogens (tertiary/aromatic N) is 1. The van der Waals surface area contributed by atoms with E-state index in [1.54, 1.807) is 0 Å². The first-order chi connectivity index (χ1) is 13.8. The Bertz CT molecular complexity index is 857. The van der Waals surface area contributed by atoms with Crippen LogP contribution in [-0.2, 0) is 30.4 Å². The van der Waals surface area contributed by atoms with Gasteiger partial charge in [0.15, 0.2) is 0 Å². The Hall–Kier alpha value is -1.77. The molecule has 2 aromatic carbocycles. The minimum atomic E-state index is 0. The van der Waals surface area contributed by atoms with Gasteiger partial charge in [-0.2, -0.15) is 0 Å². The summed E-state index contributed by atoms with van der Waals surface area (Å²) in [6.45, 7) is 14.4. The molecule has 1 aromatic heterocycles. The largest absolute Gasteiger partial charge is 0.348 e. The van der Waals surface area contributed by atoms with Gasteiger partial charge < -0.3 is 4.98 Å². The zero-order valence-corrected chi connectivity index (χ0v) is 20.4. The van der Waals surface area contributed by atoms with Gasteiger partial charge in [0, 0.05) is 41.8 Å². The maximum atomic E-state index is 4.33. The van der Waals surface area contributed by atoms with E-state index in [-0.39, 0.29) is 24.0 Å². The third-order valence-electron chi connectivity index (χ3n) is 5.91. The van der Waals surface area contributed by atoms with E-state index in [2.05, 4.69) is 65.4 Å². The molecule has 0 amide bonds. The first-order valence-electron chi connectivity index (χ1n) is 11.0. The number of hydrogen-bond donors (Lipinski definition) is 1. The van der Waals surface area contributed by atoms with Crippen LogP contribution < -0.4 is 0 Å². The minimum Gasteiger partial charge on any atom is -0.348 e. The predicted molar refractivity (Wildman–Crippen MR) is 121 cm³/mol. The Labute approximate surface area is 189 Å². The van der Waals surface area contributed by atoms with Gasteiger partial charge >= 0.3 is 0 Å². The van der Waals surface area contributed by atoms with Gasteiger partial charge in [0.25, 0.3) is 0 Å². The van der Waals surface area contributed by atoms with Gasteiger partial charge in [-0.15, -0.1) is 0 Å². The molecule has 0 spiro atoms. The molecule has 1 radical (unpaired) electrons. The van der Waals surface area contributed by atoms with Crippen LogP contribution >= 0.6 is 0 Å². The number of aromatic amines is 1. The summed E-state index contributed by atoms with van der Waals surface area (Å²) in [7, 11) is 0. The summed E-state index contributed by atoms with van der Waals surface area (Å²) in [6, 6.07) is 17.9. The van der Waals surface area contributed by atoms with Crippen molar-refractivity contribution in [3.8, 4) is 0 Å². The van der Waals surface area contributed by atoms with E-state index in [1.807, 2.05) is 54.1 Å². The smallest absolute Gasteiger partial charge is 0.0921 e. The van der Waals surface area contributed by atoms with Crippen molar-refractivity contribution < 1.29 is 18.6 Å². The van der Waals surface area contributed by atoms with Gasteiger partial charge in [0.05, 0.1) is 6.33 Å². The third kappa shape index (κ3) is 3.98. The summed E-state index contributed by atoms with van der Waals surface area (Å²) in [6.07, 6.45) is 4.94. The van der Waals surface area contributed by atoms with Gasteiger partial charge in [-0.25, -0.2) is 4.98 Å². The van der Waals surface area contributed by atoms with Crippen LogP contribution in [0.3, 0.4) is 0 Å². The first kappa shape index (κ1) is 25.3. The van der Waals surface area contributed by atoms with Crippen LogP contribution in [0.25, 0.3) is 0 Å². The molecule has 3 unspecified atom stereocenters. The summed E-state index contributed by atoms with van der Waals surface area (Å²) >= 11 is 0. The number of imidazole rings is 1. The fourth-order valence-corrected chi connectivity index (χ4v) is 4.96. The number of benzene rings is 2. The quantitative estimate of drug-likeness (QED) is 0.436. The van der Waals surface area contributed by atoms with Gasteiger partial charge in [-0.05, 0) is 34.6 Å². The average Bonchev–Trinajstić information content (AvgIpc) is 3.48. The van der Waals surface area contributed by atoms with Crippen LogP contribution in [0.5, 0.6) is 0 Å². The maximum absolute atomic E-state index is 4.33. The molecule has 0 saturated heterocycles. The molecule has 3 aromatic rings. The molecule has 0 fully saturated rings. The minimum absolute atomic E-state index is 0. The zero-order chi connectivity index (χ0) is 20.7. The molecule has 3 heteroatoms. The van der Waals surface area contributed by atoms with Crippen molar-refractivity contribution in [3.63, 3.8) is 0 Å². The molecule has 0 saturated carbocycles. The molecular formula is C26H36N2V. The summed E-state index contributed by atoms with van der Waals surface area (Å²) in [5.41, 5.74) is 7.34. The molecule has 0 bridgehead atoms. The van der Waals surface area contributed by atoms with E-state index < -0.39 is 0 Å². The summed E-state index contributed by atoms with van der Waals surface area (Å²) < 4.78 is 0. The monoisotopic (exact) mass is 427 g/mol. The van der Waals surface area contributed by atoms with E-state index in [0.29, 0.717) is 11.8 Å².